The van der Waals surface area contributed by atoms with Crippen molar-refractivity contribution in [2.24, 2.45) is 0 Å². The number of carbonyl (C=O) groups is 1. The van der Waals surface area contributed by atoms with Crippen LogP contribution in [0, 0.1) is 10.1 Å². The van der Waals surface area contributed by atoms with Gasteiger partial charge in [0, 0.05) is 11.6 Å². The largest absolute Gasteiger partial charge is 0.273 e. The fraction of sp³-hybridized carbons (Fsp3) is 0.125. The summed E-state index contributed by atoms with van der Waals surface area (Å²) in [6.07, 6.45) is -0.211. The second-order valence-electron chi connectivity index (χ2n) is 2.49. The van der Waals surface area contributed by atoms with Crippen LogP contribution in [-0.2, 0) is 11.2 Å². The van der Waals surface area contributed by atoms with E-state index < -0.39 is 10.8 Å². The molecule has 0 saturated heterocycles. The third kappa shape index (κ3) is 2.26. The highest BCUT2D eigenvalue weighted by molar-refractivity contribution is 5.77. The maximum absolute atomic E-state index is 10.4. The Balaban J connectivity index is 3.04. The van der Waals surface area contributed by atoms with Gasteiger partial charge in [0.15, 0.2) is 0 Å². The van der Waals surface area contributed by atoms with Gasteiger partial charge in [-0.25, -0.2) is 0 Å². The van der Waals surface area contributed by atoms with E-state index in [1.54, 1.807) is 6.07 Å². The molecule has 1 N–H and O–H groups in total. The van der Waals surface area contributed by atoms with E-state index in [-0.39, 0.29) is 17.7 Å². The zero-order valence-corrected chi connectivity index (χ0v) is 6.69. The molecule has 1 aromatic rings. The number of nitrogens with zero attached hydrogens (tertiary/aromatic N) is 1. The summed E-state index contributed by atoms with van der Waals surface area (Å²) in [7, 11) is 0. The van der Waals surface area contributed by atoms with E-state index in [9.17, 15) is 14.9 Å². The Bertz CT molecular complexity index is 349. The molecule has 0 atom stereocenters. The molecule has 67 valence electrons. The zero-order chi connectivity index (χ0) is 9.84. The number of carbonyl (C=O) groups excluding carboxylic acids is 1. The third-order valence-corrected chi connectivity index (χ3v) is 1.54. The molecule has 5 heteroatoms. The molecule has 0 aliphatic heterocycles. The number of hydrogen-bond acceptors (Lipinski definition) is 3. The van der Waals surface area contributed by atoms with Crippen molar-refractivity contribution in [2.45, 2.75) is 6.42 Å². The second-order valence-corrected chi connectivity index (χ2v) is 2.49. The molecule has 1 amide bonds. The van der Waals surface area contributed by atoms with Crippen LogP contribution in [0.1, 0.15) is 5.56 Å². The maximum atomic E-state index is 10.4. The van der Waals surface area contributed by atoms with E-state index in [2.05, 4.69) is 0 Å². The molecule has 0 aromatic heterocycles. The molecule has 0 saturated carbocycles. The van der Waals surface area contributed by atoms with Gasteiger partial charge in [-0.05, 0) is 0 Å². The molecular weight excluding hydrogens is 172 g/mol. The summed E-state index contributed by atoms with van der Waals surface area (Å²) in [5.74, 6) is -0.825. The van der Waals surface area contributed by atoms with Crippen molar-refractivity contribution < 1.29 is 9.72 Å². The molecule has 1 radical (unpaired) electrons. The van der Waals surface area contributed by atoms with E-state index in [1.165, 1.54) is 18.2 Å². The van der Waals surface area contributed by atoms with Gasteiger partial charge in [-0.2, -0.15) is 0 Å². The summed E-state index contributed by atoms with van der Waals surface area (Å²) in [4.78, 5) is 20.3. The molecule has 0 spiro atoms. The molecule has 0 aliphatic rings. The number of nitro benzene ring substituents is 1. The average Bonchev–Trinajstić information content (AvgIpc) is 2.03. The first-order chi connectivity index (χ1) is 6.11. The van der Waals surface area contributed by atoms with Gasteiger partial charge in [-0.3, -0.25) is 20.6 Å². The minimum atomic E-state index is -0.825. The first-order valence-corrected chi connectivity index (χ1v) is 3.58. The summed E-state index contributed by atoms with van der Waals surface area (Å²) in [5.41, 5.74) is 6.87. The number of rotatable bonds is 3. The summed E-state index contributed by atoms with van der Waals surface area (Å²) in [6.45, 7) is 0. The summed E-state index contributed by atoms with van der Waals surface area (Å²) in [5, 5.41) is 10.4. The minimum absolute atomic E-state index is 0.108. The highest BCUT2D eigenvalue weighted by atomic mass is 16.6. The minimum Gasteiger partial charge on any atom is -0.273 e. The van der Waals surface area contributed by atoms with Crippen LogP contribution in [0.3, 0.4) is 0 Å². The summed E-state index contributed by atoms with van der Waals surface area (Å²) in [6, 6.07) is 5.92. The van der Waals surface area contributed by atoms with Crippen LogP contribution in [0.4, 0.5) is 5.69 Å². The van der Waals surface area contributed by atoms with E-state index in [4.69, 9.17) is 5.73 Å². The molecular formula is C8H7N2O3. The smallest absolute Gasteiger partial charge is 0.273 e. The van der Waals surface area contributed by atoms with Crippen LogP contribution < -0.4 is 5.73 Å². The number of nitro groups is 1. The van der Waals surface area contributed by atoms with Gasteiger partial charge >= 0.3 is 0 Å². The highest BCUT2D eigenvalue weighted by Gasteiger charge is 2.13. The topological polar surface area (TPSA) is 84.0 Å². The lowest BCUT2D eigenvalue weighted by Crippen LogP contribution is -2.04. The Morgan fingerprint density at radius 2 is 2.08 bits per heavy atom. The predicted octanol–water partition coefficient (Wildman–Crippen LogP) is 0.947. The van der Waals surface area contributed by atoms with Crippen LogP contribution in [0.2, 0.25) is 0 Å². The lowest BCUT2D eigenvalue weighted by molar-refractivity contribution is -0.385. The number of nitrogens with one attached hydrogen (secondary N) is 1. The van der Waals surface area contributed by atoms with Crippen molar-refractivity contribution in [1.82, 2.24) is 5.73 Å². The van der Waals surface area contributed by atoms with Crippen LogP contribution in [0.15, 0.2) is 24.3 Å². The molecule has 0 heterocycles. The standard InChI is InChI=1S/C8H7N2O3/c9-8(11)5-6-3-1-2-4-7(6)10(12)13/h1-4,9H,5H2. The van der Waals surface area contributed by atoms with Crippen molar-refractivity contribution >= 4 is 11.6 Å². The molecule has 1 aromatic carbocycles. The average molecular weight is 179 g/mol. The monoisotopic (exact) mass is 179 g/mol. The first kappa shape index (κ1) is 9.18. The summed E-state index contributed by atoms with van der Waals surface area (Å²) < 4.78 is 0. The van der Waals surface area contributed by atoms with Crippen molar-refractivity contribution in [1.29, 1.82) is 0 Å². The Hall–Kier alpha value is -1.91. The third-order valence-electron chi connectivity index (χ3n) is 1.54. The number of hydrogen-bond donors (Lipinski definition) is 0. The van der Waals surface area contributed by atoms with E-state index >= 15 is 0 Å². The van der Waals surface area contributed by atoms with Gasteiger partial charge in [0.1, 0.15) is 0 Å². The molecule has 5 nitrogen and oxygen atoms in total. The number of benzene rings is 1. The Morgan fingerprint density at radius 3 is 2.62 bits per heavy atom. The molecule has 0 unspecified atom stereocenters. The molecule has 1 rings (SSSR count). The van der Waals surface area contributed by atoms with E-state index in [0.29, 0.717) is 0 Å². The Labute approximate surface area is 74.3 Å². The van der Waals surface area contributed by atoms with Gasteiger partial charge in [0.2, 0.25) is 5.91 Å². The number of amides is 1. The van der Waals surface area contributed by atoms with Crippen molar-refractivity contribution in [3.63, 3.8) is 0 Å². The van der Waals surface area contributed by atoms with Crippen molar-refractivity contribution in [3.8, 4) is 0 Å². The van der Waals surface area contributed by atoms with Gasteiger partial charge in [0.05, 0.1) is 11.3 Å². The zero-order valence-electron chi connectivity index (χ0n) is 6.69. The predicted molar refractivity (Wildman–Crippen MR) is 44.9 cm³/mol. The lowest BCUT2D eigenvalue weighted by Gasteiger charge is -1.97. The van der Waals surface area contributed by atoms with Crippen LogP contribution in [-0.4, -0.2) is 10.8 Å². The molecule has 0 aliphatic carbocycles. The van der Waals surface area contributed by atoms with E-state index in [0.717, 1.165) is 0 Å². The van der Waals surface area contributed by atoms with Crippen molar-refractivity contribution in [3.05, 3.63) is 39.9 Å². The fourth-order valence-corrected chi connectivity index (χ4v) is 1.01. The normalized spacial score (nSPS) is 9.54. The van der Waals surface area contributed by atoms with E-state index in [1.807, 2.05) is 0 Å². The van der Waals surface area contributed by atoms with Gasteiger partial charge < -0.3 is 0 Å². The summed E-state index contributed by atoms with van der Waals surface area (Å²) >= 11 is 0. The van der Waals surface area contributed by atoms with Gasteiger partial charge in [-0.1, -0.05) is 18.2 Å². The number of para-hydroxylation sites is 1. The second kappa shape index (κ2) is 3.66. The molecule has 13 heavy (non-hydrogen) atoms. The maximum Gasteiger partial charge on any atom is 0.273 e. The lowest BCUT2D eigenvalue weighted by atomic mass is 10.1. The Kier molecular flexibility index (Phi) is 2.59. The van der Waals surface area contributed by atoms with Crippen molar-refractivity contribution in [2.75, 3.05) is 0 Å². The molecule has 0 bridgehead atoms. The highest BCUT2D eigenvalue weighted by Crippen LogP contribution is 2.17. The van der Waals surface area contributed by atoms with Crippen LogP contribution >= 0.6 is 0 Å². The Morgan fingerprint density at radius 1 is 1.46 bits per heavy atom. The fourth-order valence-electron chi connectivity index (χ4n) is 1.01. The van der Waals surface area contributed by atoms with Crippen LogP contribution in [0.5, 0.6) is 0 Å². The quantitative estimate of drug-likeness (QED) is 0.511. The van der Waals surface area contributed by atoms with Gasteiger partial charge in [0.25, 0.3) is 5.69 Å². The van der Waals surface area contributed by atoms with Gasteiger partial charge in [-0.15, -0.1) is 0 Å². The molecule has 0 fully saturated rings. The first-order valence-electron chi connectivity index (χ1n) is 3.58. The SMILES string of the molecule is [NH]C(=O)Cc1ccccc1[N+](=O)[O-]. The van der Waals surface area contributed by atoms with Crippen LogP contribution in [0.25, 0.3) is 0 Å².